The molecule has 0 aromatic rings. The van der Waals surface area contributed by atoms with Gasteiger partial charge in [-0.2, -0.15) is 0 Å². The zero-order valence-electron chi connectivity index (χ0n) is 11.5. The summed E-state index contributed by atoms with van der Waals surface area (Å²) in [4.78, 5) is 0. The second-order valence-corrected chi connectivity index (χ2v) is 6.71. The SMILES string of the molecule is C=CC1(C2(C(C)O)CCC3OC3C2)CCCCC1. The standard InChI is InChI=1S/C16H26O2/c1-3-15(8-5-4-6-9-15)16(12(2)17)10-7-13-14(11-16)18-13/h3,12-14,17H,1,4-11H2,2H3. The molecule has 3 aliphatic rings. The maximum atomic E-state index is 10.5. The molecule has 2 aliphatic carbocycles. The normalized spacial score (nSPS) is 43.9. The molecule has 3 rings (SSSR count). The summed E-state index contributed by atoms with van der Waals surface area (Å²) in [6, 6.07) is 0. The Morgan fingerprint density at radius 2 is 1.94 bits per heavy atom. The van der Waals surface area contributed by atoms with Gasteiger partial charge < -0.3 is 9.84 Å². The molecule has 2 saturated carbocycles. The van der Waals surface area contributed by atoms with E-state index in [1.165, 1.54) is 32.1 Å². The van der Waals surface area contributed by atoms with Crippen LogP contribution in [0.5, 0.6) is 0 Å². The molecule has 0 amide bonds. The highest BCUT2D eigenvalue weighted by molar-refractivity contribution is 5.15. The van der Waals surface area contributed by atoms with Crippen LogP contribution < -0.4 is 0 Å². The summed E-state index contributed by atoms with van der Waals surface area (Å²) in [5.41, 5.74) is 0.170. The van der Waals surface area contributed by atoms with Crippen LogP contribution in [0.2, 0.25) is 0 Å². The zero-order valence-corrected chi connectivity index (χ0v) is 11.5. The van der Waals surface area contributed by atoms with Gasteiger partial charge in [0.15, 0.2) is 0 Å². The Bertz CT molecular complexity index is 330. The van der Waals surface area contributed by atoms with Crippen LogP contribution in [0.4, 0.5) is 0 Å². The van der Waals surface area contributed by atoms with Gasteiger partial charge >= 0.3 is 0 Å². The lowest BCUT2D eigenvalue weighted by atomic mass is 9.50. The number of aliphatic hydroxyl groups excluding tert-OH is 1. The van der Waals surface area contributed by atoms with E-state index in [1.807, 2.05) is 6.92 Å². The van der Waals surface area contributed by atoms with Crippen LogP contribution in [-0.2, 0) is 4.74 Å². The minimum Gasteiger partial charge on any atom is -0.393 e. The molecule has 0 radical (unpaired) electrons. The van der Waals surface area contributed by atoms with Crippen LogP contribution in [0, 0.1) is 10.8 Å². The van der Waals surface area contributed by atoms with E-state index in [-0.39, 0.29) is 16.9 Å². The number of fused-ring (bicyclic) bond motifs is 1. The summed E-state index contributed by atoms with van der Waals surface area (Å²) in [6.07, 6.45) is 12.5. The van der Waals surface area contributed by atoms with Gasteiger partial charge in [-0.05, 0) is 44.4 Å². The monoisotopic (exact) mass is 250 g/mol. The average Bonchev–Trinajstić information content (AvgIpc) is 3.17. The largest absolute Gasteiger partial charge is 0.393 e. The van der Waals surface area contributed by atoms with Crippen molar-refractivity contribution in [3.05, 3.63) is 12.7 Å². The number of ether oxygens (including phenoxy) is 1. The Kier molecular flexibility index (Phi) is 3.06. The Hall–Kier alpha value is -0.340. The number of rotatable bonds is 3. The first kappa shape index (κ1) is 12.7. The third-order valence-corrected chi connectivity index (χ3v) is 6.06. The molecule has 0 spiro atoms. The van der Waals surface area contributed by atoms with Gasteiger partial charge in [0.25, 0.3) is 0 Å². The highest BCUT2D eigenvalue weighted by Gasteiger charge is 2.60. The van der Waals surface area contributed by atoms with Crippen molar-refractivity contribution in [2.75, 3.05) is 0 Å². The molecular weight excluding hydrogens is 224 g/mol. The first-order chi connectivity index (χ1) is 8.63. The van der Waals surface area contributed by atoms with Crippen LogP contribution in [0.3, 0.4) is 0 Å². The Morgan fingerprint density at radius 3 is 2.50 bits per heavy atom. The maximum Gasteiger partial charge on any atom is 0.0848 e. The molecule has 0 aromatic carbocycles. The van der Waals surface area contributed by atoms with Crippen molar-refractivity contribution in [3.8, 4) is 0 Å². The third-order valence-electron chi connectivity index (χ3n) is 6.06. The van der Waals surface area contributed by atoms with E-state index in [1.54, 1.807) is 0 Å². The van der Waals surface area contributed by atoms with Crippen LogP contribution in [-0.4, -0.2) is 23.4 Å². The molecule has 4 atom stereocenters. The van der Waals surface area contributed by atoms with Gasteiger partial charge in [0.05, 0.1) is 18.3 Å². The highest BCUT2D eigenvalue weighted by Crippen LogP contribution is 2.62. The number of epoxide rings is 1. The second-order valence-electron chi connectivity index (χ2n) is 6.71. The summed E-state index contributed by atoms with van der Waals surface area (Å²) in [6.45, 7) is 6.13. The molecule has 1 aliphatic heterocycles. The lowest BCUT2D eigenvalue weighted by molar-refractivity contribution is -0.0839. The molecule has 2 heteroatoms. The molecule has 3 fully saturated rings. The number of aliphatic hydroxyl groups is 1. The molecule has 1 heterocycles. The van der Waals surface area contributed by atoms with Crippen molar-refractivity contribution in [1.82, 2.24) is 0 Å². The number of hydrogen-bond acceptors (Lipinski definition) is 2. The predicted molar refractivity (Wildman–Crippen MR) is 72.3 cm³/mol. The minimum absolute atomic E-state index is 0.0207. The van der Waals surface area contributed by atoms with E-state index in [0.717, 1.165) is 19.3 Å². The van der Waals surface area contributed by atoms with Gasteiger partial charge in [-0.3, -0.25) is 0 Å². The van der Waals surface area contributed by atoms with E-state index in [4.69, 9.17) is 4.74 Å². The van der Waals surface area contributed by atoms with Crippen molar-refractivity contribution >= 4 is 0 Å². The van der Waals surface area contributed by atoms with Gasteiger partial charge in [-0.15, -0.1) is 6.58 Å². The van der Waals surface area contributed by atoms with Crippen molar-refractivity contribution in [2.45, 2.75) is 76.6 Å². The van der Waals surface area contributed by atoms with Crippen LogP contribution in [0.15, 0.2) is 12.7 Å². The molecule has 1 N–H and O–H groups in total. The summed E-state index contributed by atoms with van der Waals surface area (Å²) >= 11 is 0. The van der Waals surface area contributed by atoms with Crippen molar-refractivity contribution in [1.29, 1.82) is 0 Å². The van der Waals surface area contributed by atoms with Crippen molar-refractivity contribution in [2.24, 2.45) is 10.8 Å². The van der Waals surface area contributed by atoms with Crippen molar-refractivity contribution < 1.29 is 9.84 Å². The molecule has 18 heavy (non-hydrogen) atoms. The van der Waals surface area contributed by atoms with E-state index in [9.17, 15) is 5.11 Å². The average molecular weight is 250 g/mol. The van der Waals surface area contributed by atoms with Crippen LogP contribution in [0.25, 0.3) is 0 Å². The topological polar surface area (TPSA) is 32.8 Å². The summed E-state index contributed by atoms with van der Waals surface area (Å²) in [5, 5.41) is 10.5. The van der Waals surface area contributed by atoms with Gasteiger partial charge in [-0.25, -0.2) is 0 Å². The first-order valence-corrected chi connectivity index (χ1v) is 7.61. The first-order valence-electron chi connectivity index (χ1n) is 7.61. The van der Waals surface area contributed by atoms with E-state index in [2.05, 4.69) is 12.7 Å². The number of allylic oxidation sites excluding steroid dienone is 1. The molecular formula is C16H26O2. The molecule has 1 saturated heterocycles. The lowest BCUT2D eigenvalue weighted by Gasteiger charge is -2.54. The fourth-order valence-corrected chi connectivity index (χ4v) is 4.81. The van der Waals surface area contributed by atoms with Gasteiger partial charge in [0, 0.05) is 5.41 Å². The molecule has 102 valence electrons. The Labute approximate surface area is 110 Å². The second kappa shape index (κ2) is 4.35. The van der Waals surface area contributed by atoms with E-state index >= 15 is 0 Å². The molecule has 0 aromatic heterocycles. The van der Waals surface area contributed by atoms with E-state index < -0.39 is 0 Å². The smallest absolute Gasteiger partial charge is 0.0848 e. The Balaban J connectivity index is 1.93. The van der Waals surface area contributed by atoms with Crippen LogP contribution >= 0.6 is 0 Å². The fourth-order valence-electron chi connectivity index (χ4n) is 4.81. The van der Waals surface area contributed by atoms with Crippen LogP contribution in [0.1, 0.15) is 58.3 Å². The summed E-state index contributed by atoms with van der Waals surface area (Å²) < 4.78 is 5.72. The summed E-state index contributed by atoms with van der Waals surface area (Å²) in [5.74, 6) is 0. The maximum absolute atomic E-state index is 10.5. The highest BCUT2D eigenvalue weighted by atomic mass is 16.6. The van der Waals surface area contributed by atoms with Crippen molar-refractivity contribution in [3.63, 3.8) is 0 Å². The fraction of sp³-hybridized carbons (Fsp3) is 0.875. The third kappa shape index (κ3) is 1.69. The molecule has 4 unspecified atom stereocenters. The molecule has 0 bridgehead atoms. The summed E-state index contributed by atoms with van der Waals surface area (Å²) in [7, 11) is 0. The van der Waals surface area contributed by atoms with Gasteiger partial charge in [-0.1, -0.05) is 25.3 Å². The lowest BCUT2D eigenvalue weighted by Crippen LogP contribution is -2.51. The molecule has 2 nitrogen and oxygen atoms in total. The van der Waals surface area contributed by atoms with Gasteiger partial charge in [0.1, 0.15) is 0 Å². The number of hydrogen-bond donors (Lipinski definition) is 1. The Morgan fingerprint density at radius 1 is 1.22 bits per heavy atom. The quantitative estimate of drug-likeness (QED) is 0.615. The van der Waals surface area contributed by atoms with E-state index in [0.29, 0.717) is 12.2 Å². The minimum atomic E-state index is -0.251. The zero-order chi connectivity index (χ0) is 12.8. The van der Waals surface area contributed by atoms with Gasteiger partial charge in [0.2, 0.25) is 0 Å². The predicted octanol–water partition coefficient (Wildman–Crippen LogP) is 3.44.